The Hall–Kier alpha value is -1.74. The highest BCUT2D eigenvalue weighted by Crippen LogP contribution is 2.48. The lowest BCUT2D eigenvalue weighted by molar-refractivity contribution is -0.137. The summed E-state index contributed by atoms with van der Waals surface area (Å²) in [5.74, 6) is -0.312. The number of alkyl halides is 4. The zero-order valence-electron chi connectivity index (χ0n) is 15.0. The molecule has 6 nitrogen and oxygen atoms in total. The minimum Gasteiger partial charge on any atom is -0.611 e. The average Bonchev–Trinajstić information content (AvgIpc) is 3.00. The lowest BCUT2D eigenvalue weighted by Crippen LogP contribution is -2.42. The maximum absolute atomic E-state index is 13.4. The van der Waals surface area contributed by atoms with Crippen molar-refractivity contribution in [2.75, 3.05) is 16.9 Å². The standard InChI is InChI=1S/C17H13BrClF3N4O2S/c1-8(27)12-14(29(2)28)15-24-16(7-18,3-4-23)10-5-9(17(20,21)22)6-11(19)13(10)26(15)25-12/h5-6,24H,3,7H2,1-2H3. The maximum atomic E-state index is 13.4. The van der Waals surface area contributed by atoms with Gasteiger partial charge in [0.1, 0.15) is 6.26 Å². The third kappa shape index (κ3) is 3.52. The molecule has 2 heterocycles. The van der Waals surface area contributed by atoms with E-state index in [4.69, 9.17) is 11.6 Å². The molecule has 12 heteroatoms. The molecule has 3 rings (SSSR count). The monoisotopic (exact) mass is 508 g/mol. The molecule has 29 heavy (non-hydrogen) atoms. The normalized spacial score (nSPS) is 19.0. The summed E-state index contributed by atoms with van der Waals surface area (Å²) in [4.78, 5) is 12.1. The number of hydrogen-bond acceptors (Lipinski definition) is 5. The van der Waals surface area contributed by atoms with Crippen molar-refractivity contribution in [2.45, 2.75) is 30.0 Å². The van der Waals surface area contributed by atoms with Crippen LogP contribution >= 0.6 is 27.5 Å². The van der Waals surface area contributed by atoms with Crippen LogP contribution in [0.25, 0.3) is 5.69 Å². The van der Waals surface area contributed by atoms with E-state index in [0.29, 0.717) is 0 Å². The van der Waals surface area contributed by atoms with E-state index in [1.165, 1.54) is 17.9 Å². The SMILES string of the molecule is CC(=O)c1nn2c(c1[S+](C)[O-])NC(CBr)(CC#N)c1cc(C(F)(F)F)cc(Cl)c1-2. The van der Waals surface area contributed by atoms with Gasteiger partial charge in [0, 0.05) is 17.8 Å². The minimum absolute atomic E-state index is 0.0502. The molecule has 1 aromatic heterocycles. The Labute approximate surface area is 180 Å². The van der Waals surface area contributed by atoms with E-state index in [-0.39, 0.29) is 44.4 Å². The fourth-order valence-corrected chi connectivity index (χ4v) is 5.05. The van der Waals surface area contributed by atoms with Gasteiger partial charge in [-0.2, -0.15) is 23.5 Å². The Kier molecular flexibility index (Phi) is 5.68. The Balaban J connectivity index is 2.45. The van der Waals surface area contributed by atoms with E-state index in [1.807, 2.05) is 6.07 Å². The van der Waals surface area contributed by atoms with Crippen molar-refractivity contribution in [1.29, 1.82) is 5.26 Å². The third-order valence-electron chi connectivity index (χ3n) is 4.55. The predicted octanol–water partition coefficient (Wildman–Crippen LogP) is 4.41. The van der Waals surface area contributed by atoms with E-state index in [0.717, 1.165) is 12.1 Å². The number of carbonyl (C=O) groups excluding carboxylic acids is 1. The molecular weight excluding hydrogens is 497 g/mol. The smallest absolute Gasteiger partial charge is 0.416 e. The number of rotatable bonds is 4. The number of carbonyl (C=O) groups is 1. The second-order valence-electron chi connectivity index (χ2n) is 6.48. The number of benzene rings is 1. The van der Waals surface area contributed by atoms with Gasteiger partial charge in [-0.05, 0) is 23.3 Å². The zero-order chi connectivity index (χ0) is 21.7. The molecular formula is C17H13BrClF3N4O2S. The van der Waals surface area contributed by atoms with Crippen molar-refractivity contribution in [3.63, 3.8) is 0 Å². The summed E-state index contributed by atoms with van der Waals surface area (Å²) in [5, 5.41) is 16.3. The molecule has 0 saturated heterocycles. The molecule has 2 aromatic rings. The number of fused-ring (bicyclic) bond motifs is 3. The molecule has 1 aliphatic heterocycles. The van der Waals surface area contributed by atoms with Crippen molar-refractivity contribution in [2.24, 2.45) is 0 Å². The summed E-state index contributed by atoms with van der Waals surface area (Å²) in [6.45, 7) is 1.24. The van der Waals surface area contributed by atoms with Crippen LogP contribution in [0.1, 0.15) is 35.0 Å². The molecule has 0 fully saturated rings. The number of Topliss-reactive ketones (excluding diaryl/α,β-unsaturated/α-hetero) is 1. The van der Waals surface area contributed by atoms with Crippen LogP contribution in [-0.4, -0.2) is 31.7 Å². The number of ketones is 1. The molecule has 2 atom stereocenters. The lowest BCUT2D eigenvalue weighted by Gasteiger charge is -2.38. The van der Waals surface area contributed by atoms with Crippen molar-refractivity contribution in [3.05, 3.63) is 34.0 Å². The molecule has 2 unspecified atom stereocenters. The van der Waals surface area contributed by atoms with Crippen LogP contribution in [0, 0.1) is 11.3 Å². The highest BCUT2D eigenvalue weighted by Gasteiger charge is 2.45. The van der Waals surface area contributed by atoms with Gasteiger partial charge in [-0.15, -0.1) is 0 Å². The van der Waals surface area contributed by atoms with Gasteiger partial charge in [-0.25, -0.2) is 4.68 Å². The topological polar surface area (TPSA) is 93.8 Å². The van der Waals surface area contributed by atoms with Crippen molar-refractivity contribution >= 4 is 50.3 Å². The average molecular weight is 510 g/mol. The van der Waals surface area contributed by atoms with Gasteiger partial charge < -0.3 is 9.87 Å². The number of anilines is 1. The van der Waals surface area contributed by atoms with Crippen LogP contribution in [-0.2, 0) is 22.9 Å². The fourth-order valence-electron chi connectivity index (χ4n) is 3.24. The first-order valence-corrected chi connectivity index (χ1v) is 11.1. The number of nitrogens with one attached hydrogen (secondary N) is 1. The maximum Gasteiger partial charge on any atom is 0.416 e. The molecule has 0 aliphatic carbocycles. The van der Waals surface area contributed by atoms with Gasteiger partial charge in [0.15, 0.2) is 17.3 Å². The first-order valence-electron chi connectivity index (χ1n) is 8.07. The Bertz CT molecular complexity index is 1050. The second-order valence-corrected chi connectivity index (χ2v) is 8.76. The molecule has 1 aromatic carbocycles. The molecule has 1 aliphatic rings. The molecule has 0 saturated carbocycles. The van der Waals surface area contributed by atoms with Gasteiger partial charge in [0.05, 0.1) is 34.3 Å². The Morgan fingerprint density at radius 2 is 2.17 bits per heavy atom. The van der Waals surface area contributed by atoms with Crippen LogP contribution in [0.5, 0.6) is 0 Å². The zero-order valence-corrected chi connectivity index (χ0v) is 18.2. The largest absolute Gasteiger partial charge is 0.611 e. The Morgan fingerprint density at radius 3 is 2.66 bits per heavy atom. The number of halogens is 5. The van der Waals surface area contributed by atoms with Crippen molar-refractivity contribution < 1.29 is 22.5 Å². The van der Waals surface area contributed by atoms with Crippen LogP contribution in [0.15, 0.2) is 17.0 Å². The van der Waals surface area contributed by atoms with Gasteiger partial charge in [-0.3, -0.25) is 4.79 Å². The lowest BCUT2D eigenvalue weighted by atomic mass is 9.85. The highest BCUT2D eigenvalue weighted by atomic mass is 79.9. The van der Waals surface area contributed by atoms with Crippen molar-refractivity contribution in [1.82, 2.24) is 9.78 Å². The molecule has 154 valence electrons. The molecule has 0 spiro atoms. The summed E-state index contributed by atoms with van der Waals surface area (Å²) in [5.41, 5.74) is -2.19. The highest BCUT2D eigenvalue weighted by molar-refractivity contribution is 9.09. The van der Waals surface area contributed by atoms with E-state index in [1.54, 1.807) is 0 Å². The van der Waals surface area contributed by atoms with Gasteiger partial charge >= 0.3 is 6.18 Å². The first-order chi connectivity index (χ1) is 13.5. The van der Waals surface area contributed by atoms with E-state index in [2.05, 4.69) is 26.3 Å². The number of nitrogens with zero attached hydrogens (tertiary/aromatic N) is 3. The van der Waals surface area contributed by atoms with Crippen LogP contribution in [0.3, 0.4) is 0 Å². The summed E-state index contributed by atoms with van der Waals surface area (Å²) in [6.07, 6.45) is -3.52. The van der Waals surface area contributed by atoms with Crippen molar-refractivity contribution in [3.8, 4) is 11.8 Å². The van der Waals surface area contributed by atoms with Gasteiger partial charge in [0.2, 0.25) is 4.90 Å². The number of hydrogen-bond donors (Lipinski definition) is 1. The molecule has 0 radical (unpaired) electrons. The summed E-state index contributed by atoms with van der Waals surface area (Å²) in [6, 6.07) is 3.64. The number of aromatic nitrogens is 2. The minimum atomic E-state index is -4.66. The summed E-state index contributed by atoms with van der Waals surface area (Å²) in [7, 11) is 0. The molecule has 0 bridgehead atoms. The first kappa shape index (κ1) is 22.0. The van der Waals surface area contributed by atoms with Crippen LogP contribution < -0.4 is 5.32 Å². The number of nitriles is 1. The predicted molar refractivity (Wildman–Crippen MR) is 105 cm³/mol. The van der Waals surface area contributed by atoms with E-state index < -0.39 is 34.2 Å². The second kappa shape index (κ2) is 7.50. The third-order valence-corrected chi connectivity index (χ3v) is 6.75. The fraction of sp³-hybridized carbons (Fsp3) is 0.353. The van der Waals surface area contributed by atoms with Crippen LogP contribution in [0.4, 0.5) is 19.0 Å². The summed E-state index contributed by atoms with van der Waals surface area (Å²) >= 11 is 7.87. The van der Waals surface area contributed by atoms with E-state index in [9.17, 15) is 27.8 Å². The van der Waals surface area contributed by atoms with Gasteiger partial charge in [0.25, 0.3) is 0 Å². The van der Waals surface area contributed by atoms with E-state index >= 15 is 0 Å². The molecule has 1 N–H and O–H groups in total. The van der Waals surface area contributed by atoms with Gasteiger partial charge in [-0.1, -0.05) is 27.5 Å². The Morgan fingerprint density at radius 1 is 1.52 bits per heavy atom. The summed E-state index contributed by atoms with van der Waals surface area (Å²) < 4.78 is 53.7. The molecule has 0 amide bonds. The van der Waals surface area contributed by atoms with Crippen LogP contribution in [0.2, 0.25) is 5.02 Å². The quantitative estimate of drug-likeness (QED) is 0.374.